The first-order chi connectivity index (χ1) is 9.43. The van der Waals surface area contributed by atoms with E-state index in [-0.39, 0.29) is 11.7 Å². The van der Waals surface area contributed by atoms with Crippen molar-refractivity contribution < 1.29 is 9.13 Å². The summed E-state index contributed by atoms with van der Waals surface area (Å²) in [5.74, 6) is 0.369. The molecule has 0 saturated heterocycles. The Kier molecular flexibility index (Phi) is 4.80. The molecule has 0 spiro atoms. The zero-order valence-corrected chi connectivity index (χ0v) is 14.2. The molecular formula is C14H13ClFIN2O. The van der Waals surface area contributed by atoms with Gasteiger partial charge in [0.05, 0.1) is 16.4 Å². The molecule has 0 atom stereocenters. The predicted octanol–water partition coefficient (Wildman–Crippen LogP) is 4.67. The van der Waals surface area contributed by atoms with Gasteiger partial charge in [0, 0.05) is 5.56 Å². The van der Waals surface area contributed by atoms with Crippen LogP contribution in [0.25, 0.3) is 11.4 Å². The number of methoxy groups -OCH3 is 1. The van der Waals surface area contributed by atoms with Crippen LogP contribution in [0.2, 0.25) is 5.15 Å². The van der Waals surface area contributed by atoms with Crippen LogP contribution in [0.15, 0.2) is 18.2 Å². The molecule has 106 valence electrons. The van der Waals surface area contributed by atoms with E-state index in [1.165, 1.54) is 13.2 Å². The van der Waals surface area contributed by atoms with Crippen molar-refractivity contribution in [1.29, 1.82) is 0 Å². The third-order valence-corrected chi connectivity index (χ3v) is 4.45. The SMILES string of the molecule is COc1ccc(-c2nc(Cl)c(I)c(C(C)C)n2)cc1F. The third kappa shape index (κ3) is 3.03. The summed E-state index contributed by atoms with van der Waals surface area (Å²) in [6.45, 7) is 4.05. The first kappa shape index (κ1) is 15.4. The maximum Gasteiger partial charge on any atom is 0.165 e. The van der Waals surface area contributed by atoms with Gasteiger partial charge < -0.3 is 4.74 Å². The minimum atomic E-state index is -0.450. The number of benzene rings is 1. The molecule has 2 rings (SSSR count). The van der Waals surface area contributed by atoms with Crippen LogP contribution in [-0.4, -0.2) is 17.1 Å². The van der Waals surface area contributed by atoms with Crippen LogP contribution < -0.4 is 4.74 Å². The topological polar surface area (TPSA) is 35.0 Å². The molecule has 0 aliphatic heterocycles. The van der Waals surface area contributed by atoms with Gasteiger partial charge in [0.2, 0.25) is 0 Å². The minimum Gasteiger partial charge on any atom is -0.494 e. The first-order valence-corrected chi connectivity index (χ1v) is 7.46. The molecule has 0 bridgehead atoms. The van der Waals surface area contributed by atoms with Crippen LogP contribution in [0, 0.1) is 9.39 Å². The van der Waals surface area contributed by atoms with Crippen LogP contribution >= 0.6 is 34.2 Å². The fourth-order valence-corrected chi connectivity index (χ4v) is 2.79. The van der Waals surface area contributed by atoms with Gasteiger partial charge in [-0.05, 0) is 46.7 Å². The smallest absolute Gasteiger partial charge is 0.165 e. The Hall–Kier alpha value is -0.950. The molecule has 0 aliphatic rings. The molecule has 6 heteroatoms. The van der Waals surface area contributed by atoms with E-state index in [9.17, 15) is 4.39 Å². The number of ether oxygens (including phenoxy) is 1. The Balaban J connectivity index is 2.55. The average molecular weight is 407 g/mol. The lowest BCUT2D eigenvalue weighted by atomic mass is 10.1. The number of aromatic nitrogens is 2. The Bertz CT molecular complexity index is 649. The van der Waals surface area contributed by atoms with Crippen molar-refractivity contribution in [1.82, 2.24) is 9.97 Å². The van der Waals surface area contributed by atoms with E-state index < -0.39 is 5.82 Å². The highest BCUT2D eigenvalue weighted by molar-refractivity contribution is 14.1. The van der Waals surface area contributed by atoms with Gasteiger partial charge in [0.25, 0.3) is 0 Å². The number of nitrogens with zero attached hydrogens (tertiary/aromatic N) is 2. The fraction of sp³-hybridized carbons (Fsp3) is 0.286. The third-order valence-electron chi connectivity index (χ3n) is 2.79. The molecule has 3 nitrogen and oxygen atoms in total. The van der Waals surface area contributed by atoms with Crippen molar-refractivity contribution in [2.75, 3.05) is 7.11 Å². The largest absolute Gasteiger partial charge is 0.494 e. The Morgan fingerprint density at radius 1 is 1.30 bits per heavy atom. The second-order valence-electron chi connectivity index (χ2n) is 4.54. The first-order valence-electron chi connectivity index (χ1n) is 6.01. The lowest BCUT2D eigenvalue weighted by Crippen LogP contribution is -2.02. The molecule has 1 aromatic carbocycles. The van der Waals surface area contributed by atoms with Crippen molar-refractivity contribution in [3.8, 4) is 17.1 Å². The molecule has 0 radical (unpaired) electrons. The molecule has 0 amide bonds. The fourth-order valence-electron chi connectivity index (χ4n) is 1.75. The molecule has 0 unspecified atom stereocenters. The number of rotatable bonds is 3. The number of hydrogen-bond donors (Lipinski definition) is 0. The van der Waals surface area contributed by atoms with Crippen molar-refractivity contribution in [3.05, 3.63) is 38.4 Å². The summed E-state index contributed by atoms with van der Waals surface area (Å²) in [4.78, 5) is 8.71. The van der Waals surface area contributed by atoms with Crippen LogP contribution in [0.3, 0.4) is 0 Å². The molecule has 0 N–H and O–H groups in total. The number of halogens is 3. The van der Waals surface area contributed by atoms with Crippen LogP contribution in [0.1, 0.15) is 25.5 Å². The maximum atomic E-state index is 13.8. The van der Waals surface area contributed by atoms with Crippen LogP contribution in [0.4, 0.5) is 4.39 Å². The number of hydrogen-bond acceptors (Lipinski definition) is 3. The summed E-state index contributed by atoms with van der Waals surface area (Å²) in [7, 11) is 1.42. The van der Waals surface area contributed by atoms with Gasteiger partial charge in [0.1, 0.15) is 5.15 Å². The van der Waals surface area contributed by atoms with Crippen molar-refractivity contribution in [3.63, 3.8) is 0 Å². The Morgan fingerprint density at radius 2 is 2.00 bits per heavy atom. The van der Waals surface area contributed by atoms with Gasteiger partial charge in [0.15, 0.2) is 17.4 Å². The molecule has 1 aromatic heterocycles. The standard InChI is InChI=1S/C14H13ClFIN2O/c1-7(2)12-11(17)13(15)19-14(18-12)8-4-5-10(20-3)9(16)6-8/h4-7H,1-3H3. The van der Waals surface area contributed by atoms with E-state index in [4.69, 9.17) is 16.3 Å². The zero-order chi connectivity index (χ0) is 14.9. The summed E-state index contributed by atoms with van der Waals surface area (Å²) in [6, 6.07) is 4.61. The van der Waals surface area contributed by atoms with Gasteiger partial charge in [-0.1, -0.05) is 25.4 Å². The molecule has 0 saturated carbocycles. The van der Waals surface area contributed by atoms with Gasteiger partial charge in [-0.25, -0.2) is 14.4 Å². The highest BCUT2D eigenvalue weighted by atomic mass is 127. The monoisotopic (exact) mass is 406 g/mol. The van der Waals surface area contributed by atoms with Crippen molar-refractivity contribution in [2.24, 2.45) is 0 Å². The van der Waals surface area contributed by atoms with Crippen molar-refractivity contribution >= 4 is 34.2 Å². The summed E-state index contributed by atoms with van der Waals surface area (Å²) in [6.07, 6.45) is 0. The van der Waals surface area contributed by atoms with E-state index >= 15 is 0 Å². The molecule has 0 aliphatic carbocycles. The molecule has 1 heterocycles. The molecular weight excluding hydrogens is 394 g/mol. The normalized spacial score (nSPS) is 10.9. The lowest BCUT2D eigenvalue weighted by molar-refractivity contribution is 0.386. The van der Waals surface area contributed by atoms with Gasteiger partial charge in [-0.3, -0.25) is 0 Å². The molecule has 20 heavy (non-hydrogen) atoms. The maximum absolute atomic E-state index is 13.8. The van der Waals surface area contributed by atoms with Gasteiger partial charge >= 0.3 is 0 Å². The zero-order valence-electron chi connectivity index (χ0n) is 11.2. The van der Waals surface area contributed by atoms with Gasteiger partial charge in [-0.2, -0.15) is 0 Å². The summed E-state index contributed by atoms with van der Waals surface area (Å²) in [5, 5.41) is 0.385. The van der Waals surface area contributed by atoms with Gasteiger partial charge in [-0.15, -0.1) is 0 Å². The Morgan fingerprint density at radius 3 is 2.55 bits per heavy atom. The lowest BCUT2D eigenvalue weighted by Gasteiger charge is -2.11. The highest BCUT2D eigenvalue weighted by Gasteiger charge is 2.15. The van der Waals surface area contributed by atoms with Crippen LogP contribution in [-0.2, 0) is 0 Å². The quantitative estimate of drug-likeness (QED) is 0.549. The van der Waals surface area contributed by atoms with Crippen molar-refractivity contribution in [2.45, 2.75) is 19.8 Å². The van der Waals surface area contributed by atoms with E-state index in [0.717, 1.165) is 9.26 Å². The highest BCUT2D eigenvalue weighted by Crippen LogP contribution is 2.29. The second-order valence-corrected chi connectivity index (χ2v) is 5.98. The molecule has 2 aromatic rings. The summed E-state index contributed by atoms with van der Waals surface area (Å²) >= 11 is 8.26. The molecule has 0 fully saturated rings. The minimum absolute atomic E-state index is 0.189. The van der Waals surface area contributed by atoms with E-state index in [2.05, 4.69) is 32.6 Å². The van der Waals surface area contributed by atoms with E-state index in [1.807, 2.05) is 13.8 Å². The van der Waals surface area contributed by atoms with E-state index in [0.29, 0.717) is 16.5 Å². The van der Waals surface area contributed by atoms with E-state index in [1.54, 1.807) is 12.1 Å². The summed E-state index contributed by atoms with van der Waals surface area (Å²) < 4.78 is 19.5. The predicted molar refractivity (Wildman–Crippen MR) is 85.8 cm³/mol. The average Bonchev–Trinajstić information content (AvgIpc) is 2.41. The second kappa shape index (κ2) is 6.22. The summed E-state index contributed by atoms with van der Waals surface area (Å²) in [5.41, 5.74) is 1.43. The van der Waals surface area contributed by atoms with Crippen LogP contribution in [0.5, 0.6) is 5.75 Å². The Labute approximate surface area is 135 Å².